The van der Waals surface area contributed by atoms with Crippen LogP contribution in [0.2, 0.25) is 0 Å². The largest absolute Gasteiger partial charge is 0.545 e. The van der Waals surface area contributed by atoms with Gasteiger partial charge < -0.3 is 25.0 Å². The van der Waals surface area contributed by atoms with E-state index in [4.69, 9.17) is 0 Å². The Labute approximate surface area is 209 Å². The van der Waals surface area contributed by atoms with Gasteiger partial charge in [0.15, 0.2) is 6.21 Å². The molecule has 2 N–H and O–H groups in total. The van der Waals surface area contributed by atoms with Crippen LogP contribution in [0, 0.1) is 6.92 Å². The van der Waals surface area contributed by atoms with Gasteiger partial charge in [-0.1, -0.05) is 38.8 Å². The van der Waals surface area contributed by atoms with E-state index >= 15 is 0 Å². The number of hydrogen-bond acceptors (Lipinski definition) is 6. The number of carboxylic acid groups (broad SMARTS) is 1. The fourth-order valence-corrected chi connectivity index (χ4v) is 3.79. The maximum absolute atomic E-state index is 11.8. The summed E-state index contributed by atoms with van der Waals surface area (Å²) in [4.78, 5) is 18.4. The van der Waals surface area contributed by atoms with Gasteiger partial charge in [0.25, 0.3) is 0 Å². The highest BCUT2D eigenvalue weighted by Gasteiger charge is 2.20. The quantitative estimate of drug-likeness (QED) is 0.310. The summed E-state index contributed by atoms with van der Waals surface area (Å²) in [6.07, 6.45) is 8.64. The van der Waals surface area contributed by atoms with Gasteiger partial charge in [-0.25, -0.2) is 0 Å². The van der Waals surface area contributed by atoms with Crippen LogP contribution in [0.4, 0.5) is 5.69 Å². The highest BCUT2D eigenvalue weighted by atomic mass is 35.5. The molecule has 0 aliphatic rings. The molecule has 2 aromatic rings. The van der Waals surface area contributed by atoms with Gasteiger partial charge in [-0.3, -0.25) is 4.98 Å². The Balaban J connectivity index is 0.00000578. The Morgan fingerprint density at radius 3 is 2.32 bits per heavy atom. The monoisotopic (exact) mass is 491 g/mol. The van der Waals surface area contributed by atoms with Crippen molar-refractivity contribution in [2.75, 3.05) is 26.2 Å². The van der Waals surface area contributed by atoms with E-state index in [-0.39, 0.29) is 30.3 Å². The number of aromatic hydroxyl groups is 1. The topological polar surface area (TPSA) is 99.7 Å². The molecule has 0 fully saturated rings. The minimum atomic E-state index is -1.26. The van der Waals surface area contributed by atoms with Gasteiger partial charge in [-0.15, -0.1) is 12.4 Å². The van der Waals surface area contributed by atoms with E-state index < -0.39 is 5.97 Å². The normalized spacial score (nSPS) is 11.5. The van der Waals surface area contributed by atoms with E-state index in [9.17, 15) is 20.1 Å². The molecule has 1 aromatic carbocycles. The molecular weight excluding hydrogens is 454 g/mol. The molecule has 8 heteroatoms. The third-order valence-electron chi connectivity index (χ3n) is 5.78. The van der Waals surface area contributed by atoms with Gasteiger partial charge in [0.1, 0.15) is 12.3 Å². The summed E-state index contributed by atoms with van der Waals surface area (Å²) in [6.45, 7) is 9.32. The molecule has 1 heterocycles. The van der Waals surface area contributed by atoms with Crippen molar-refractivity contribution in [1.29, 1.82) is 0 Å². The fraction of sp³-hybridized carbons (Fsp3) is 0.500. The molecule has 0 radical (unpaired) electrons. The molecule has 1 aromatic heterocycles. The van der Waals surface area contributed by atoms with Crippen LogP contribution in [0.15, 0.2) is 30.5 Å². The van der Waals surface area contributed by atoms with Crippen LogP contribution < -0.4 is 5.11 Å². The third kappa shape index (κ3) is 8.38. The summed E-state index contributed by atoms with van der Waals surface area (Å²) in [7, 11) is 0. The fourth-order valence-electron chi connectivity index (χ4n) is 3.79. The van der Waals surface area contributed by atoms with Crippen LogP contribution >= 0.6 is 12.4 Å². The van der Waals surface area contributed by atoms with Crippen LogP contribution in [0.25, 0.3) is 0 Å². The Morgan fingerprint density at radius 1 is 1.12 bits per heavy atom. The second-order valence-corrected chi connectivity index (χ2v) is 8.32. The van der Waals surface area contributed by atoms with Crippen molar-refractivity contribution >= 4 is 30.3 Å². The first-order valence-electron chi connectivity index (χ1n) is 11.8. The molecule has 0 amide bonds. The molecule has 34 heavy (non-hydrogen) atoms. The maximum atomic E-state index is 11.8. The van der Waals surface area contributed by atoms with Crippen molar-refractivity contribution in [3.63, 3.8) is 0 Å². The van der Waals surface area contributed by atoms with Crippen molar-refractivity contribution in [3.05, 3.63) is 52.8 Å². The van der Waals surface area contributed by atoms with E-state index in [1.54, 1.807) is 31.3 Å². The second kappa shape index (κ2) is 15.4. The lowest BCUT2D eigenvalue weighted by atomic mass is 10.1. The minimum Gasteiger partial charge on any atom is -0.545 e. The number of aliphatic hydroxyl groups is 1. The molecule has 2 rings (SSSR count). The zero-order valence-corrected chi connectivity index (χ0v) is 21.3. The molecule has 0 bridgehead atoms. The van der Waals surface area contributed by atoms with Gasteiger partial charge in [-0.2, -0.15) is 4.58 Å². The van der Waals surface area contributed by atoms with E-state index in [1.807, 2.05) is 4.58 Å². The minimum absolute atomic E-state index is 0. The van der Waals surface area contributed by atoms with Crippen molar-refractivity contribution in [2.24, 2.45) is 0 Å². The lowest BCUT2D eigenvalue weighted by Crippen LogP contribution is -2.29. The number of carbonyl (C=O) groups is 1. The number of aromatic nitrogens is 1. The molecule has 0 saturated heterocycles. The predicted octanol–water partition coefficient (Wildman–Crippen LogP) is 3.43. The summed E-state index contributed by atoms with van der Waals surface area (Å²) in [5, 5.41) is 32.2. The highest BCUT2D eigenvalue weighted by Crippen LogP contribution is 2.24. The number of rotatable bonds is 14. The summed E-state index contributed by atoms with van der Waals surface area (Å²) >= 11 is 0. The van der Waals surface area contributed by atoms with Crippen molar-refractivity contribution in [1.82, 2.24) is 9.88 Å². The van der Waals surface area contributed by atoms with Crippen molar-refractivity contribution < 1.29 is 24.7 Å². The van der Waals surface area contributed by atoms with Crippen LogP contribution in [-0.4, -0.2) is 63.0 Å². The number of benzene rings is 1. The molecule has 0 unspecified atom stereocenters. The first-order chi connectivity index (χ1) is 15.9. The second-order valence-electron chi connectivity index (χ2n) is 8.32. The number of aryl methyl sites for hydroxylation is 1. The number of pyridine rings is 1. The van der Waals surface area contributed by atoms with Gasteiger partial charge in [0.05, 0.1) is 29.4 Å². The standard InChI is InChI=1S/C26H37N3O4.ClH/c1-4-6-13-28(14-7-5-2)15-10-16-29(24-12-9-8-11-22(24)26(32)33)18-23-21(19-30)17-27-20(3)25(23)31;/h8-9,11-12,17-18,30H,4-7,10,13-16,19H2,1-3H3,(H,32,33);1H. The summed E-state index contributed by atoms with van der Waals surface area (Å²) in [5.41, 5.74) is 1.92. The first kappa shape index (κ1) is 29.6. The average molecular weight is 492 g/mol. The number of halogens is 1. The number of para-hydroxylation sites is 1. The van der Waals surface area contributed by atoms with Crippen LogP contribution in [0.3, 0.4) is 0 Å². The molecule has 0 atom stereocenters. The van der Waals surface area contributed by atoms with E-state index in [0.717, 1.165) is 51.7 Å². The Morgan fingerprint density at radius 2 is 1.74 bits per heavy atom. The Hall–Kier alpha value is -2.48. The van der Waals surface area contributed by atoms with Crippen LogP contribution in [0.1, 0.15) is 73.1 Å². The Kier molecular flexibility index (Phi) is 13.4. The Bertz CT molecular complexity index is 942. The molecule has 0 saturated carbocycles. The summed E-state index contributed by atoms with van der Waals surface area (Å²) < 4.78 is 1.83. The van der Waals surface area contributed by atoms with E-state index in [2.05, 4.69) is 23.7 Å². The molecule has 0 aliphatic heterocycles. The molecule has 0 spiro atoms. The summed E-state index contributed by atoms with van der Waals surface area (Å²) in [5.74, 6) is -1.28. The van der Waals surface area contributed by atoms with Gasteiger partial charge in [0, 0.05) is 30.8 Å². The van der Waals surface area contributed by atoms with Gasteiger partial charge in [0.2, 0.25) is 5.69 Å². The van der Waals surface area contributed by atoms with Gasteiger partial charge >= 0.3 is 0 Å². The average Bonchev–Trinajstić information content (AvgIpc) is 2.82. The lowest BCUT2D eigenvalue weighted by molar-refractivity contribution is -0.436. The van der Waals surface area contributed by atoms with E-state index in [1.165, 1.54) is 12.3 Å². The smallest absolute Gasteiger partial charge is 0.214 e. The molecule has 188 valence electrons. The number of aromatic carboxylic acids is 1. The lowest BCUT2D eigenvalue weighted by Gasteiger charge is -2.21. The van der Waals surface area contributed by atoms with Crippen LogP contribution in [0.5, 0.6) is 5.75 Å². The number of carbonyl (C=O) groups excluding carboxylic acids is 1. The number of carboxylic acids is 1. The number of hydrogen-bond donors (Lipinski definition) is 2. The molecule has 0 aliphatic carbocycles. The van der Waals surface area contributed by atoms with E-state index in [0.29, 0.717) is 29.1 Å². The predicted molar refractivity (Wildman–Crippen MR) is 135 cm³/mol. The number of nitrogens with zero attached hydrogens (tertiary/aromatic N) is 3. The summed E-state index contributed by atoms with van der Waals surface area (Å²) in [6, 6.07) is 6.70. The number of unbranched alkanes of at least 4 members (excludes halogenated alkanes) is 2. The number of aliphatic hydroxyl groups excluding tert-OH is 1. The molecule has 7 nitrogen and oxygen atoms in total. The van der Waals surface area contributed by atoms with Gasteiger partial charge in [-0.05, 0) is 38.9 Å². The SMILES string of the molecule is CCCCN(CCCC)CCC[N+](=Cc1c(CO)cnc(C)c1O)c1ccccc1C(=O)[O-].Cl. The zero-order chi connectivity index (χ0) is 24.2. The zero-order valence-electron chi connectivity index (χ0n) is 20.5. The van der Waals surface area contributed by atoms with Crippen molar-refractivity contribution in [3.8, 4) is 5.75 Å². The highest BCUT2D eigenvalue weighted by molar-refractivity contribution is 5.91. The third-order valence-corrected chi connectivity index (χ3v) is 5.78. The van der Waals surface area contributed by atoms with Crippen molar-refractivity contribution in [2.45, 2.75) is 59.5 Å². The van der Waals surface area contributed by atoms with Crippen LogP contribution in [-0.2, 0) is 6.61 Å². The molecular formula is C26H38ClN3O4. The first-order valence-corrected chi connectivity index (χ1v) is 11.8. The maximum Gasteiger partial charge on any atom is 0.214 e.